The van der Waals surface area contributed by atoms with Crippen LogP contribution in [0.3, 0.4) is 0 Å². The predicted octanol–water partition coefficient (Wildman–Crippen LogP) is 5.00. The summed E-state index contributed by atoms with van der Waals surface area (Å²) in [5, 5.41) is 9.84. The minimum atomic E-state index is 0.528. The molecule has 0 bridgehead atoms. The fourth-order valence-corrected chi connectivity index (χ4v) is 4.47. The molecule has 0 atom stereocenters. The lowest BCUT2D eigenvalue weighted by Crippen LogP contribution is -2.38. The van der Waals surface area contributed by atoms with Crippen molar-refractivity contribution >= 4 is 21.8 Å². The van der Waals surface area contributed by atoms with E-state index in [1.165, 1.54) is 0 Å². The van der Waals surface area contributed by atoms with Gasteiger partial charge in [0.25, 0.3) is 0 Å². The summed E-state index contributed by atoms with van der Waals surface area (Å²) in [4.78, 5) is 5.87. The molecule has 6 rings (SSSR count). The first kappa shape index (κ1) is 21.7. The number of aromatic nitrogens is 3. The molecule has 1 fully saturated rings. The summed E-state index contributed by atoms with van der Waals surface area (Å²) < 4.78 is 17.5. The van der Waals surface area contributed by atoms with Gasteiger partial charge < -0.3 is 19.2 Å². The van der Waals surface area contributed by atoms with Gasteiger partial charge in [-0.25, -0.2) is 0 Å². The van der Waals surface area contributed by atoms with Gasteiger partial charge in [0.15, 0.2) is 0 Å². The third kappa shape index (κ3) is 4.87. The Morgan fingerprint density at radius 3 is 2.51 bits per heavy atom. The Morgan fingerprint density at radius 2 is 1.66 bits per heavy atom. The molecule has 5 aromatic rings. The monoisotopic (exact) mass is 468 g/mol. The number of aromatic amines is 2. The smallest absolute Gasteiger partial charge is 0.120 e. The minimum Gasteiger partial charge on any atom is -0.492 e. The van der Waals surface area contributed by atoms with E-state index in [4.69, 9.17) is 14.2 Å². The van der Waals surface area contributed by atoms with Crippen LogP contribution >= 0.6 is 0 Å². The zero-order chi connectivity index (χ0) is 23.5. The van der Waals surface area contributed by atoms with E-state index in [0.29, 0.717) is 13.2 Å². The van der Waals surface area contributed by atoms with E-state index in [2.05, 4.69) is 50.4 Å². The zero-order valence-corrected chi connectivity index (χ0v) is 19.5. The first-order chi connectivity index (χ1) is 17.3. The highest BCUT2D eigenvalue weighted by atomic mass is 16.5. The van der Waals surface area contributed by atoms with Gasteiger partial charge in [-0.15, -0.1) is 0 Å². The maximum Gasteiger partial charge on any atom is 0.120 e. The molecule has 0 amide bonds. The number of nitrogens with zero attached hydrogens (tertiary/aromatic N) is 2. The summed E-state index contributed by atoms with van der Waals surface area (Å²) >= 11 is 0. The standard InChI is InChI=1S/C28H28N4O3/c1-2-4-20(5-3-1)19-35-23-7-9-26-24(18-23)28(31-30-26)27-17-21-16-22(6-8-25(21)29-27)34-15-12-32-10-13-33-14-11-32/h1-9,16-18,29H,10-15,19H2,(H,30,31). The van der Waals surface area contributed by atoms with Crippen LogP contribution in [0.5, 0.6) is 11.5 Å². The van der Waals surface area contributed by atoms with E-state index >= 15 is 0 Å². The number of hydrogen-bond donors (Lipinski definition) is 2. The Morgan fingerprint density at radius 1 is 0.857 bits per heavy atom. The molecule has 3 aromatic carbocycles. The van der Waals surface area contributed by atoms with Gasteiger partial charge in [0, 0.05) is 35.9 Å². The molecule has 35 heavy (non-hydrogen) atoms. The second-order valence-corrected chi connectivity index (χ2v) is 8.79. The van der Waals surface area contributed by atoms with Crippen LogP contribution in [0, 0.1) is 0 Å². The van der Waals surface area contributed by atoms with Crippen molar-refractivity contribution in [2.75, 3.05) is 39.5 Å². The van der Waals surface area contributed by atoms with Crippen molar-refractivity contribution in [3.63, 3.8) is 0 Å². The number of fused-ring (bicyclic) bond motifs is 2. The van der Waals surface area contributed by atoms with Gasteiger partial charge in [0.2, 0.25) is 0 Å². The first-order valence-corrected chi connectivity index (χ1v) is 12.0. The molecular formula is C28H28N4O3. The zero-order valence-electron chi connectivity index (χ0n) is 19.5. The number of benzene rings is 3. The molecule has 1 aliphatic heterocycles. The lowest BCUT2D eigenvalue weighted by Gasteiger charge is -2.26. The third-order valence-electron chi connectivity index (χ3n) is 6.41. The van der Waals surface area contributed by atoms with Crippen molar-refractivity contribution in [1.82, 2.24) is 20.1 Å². The van der Waals surface area contributed by atoms with Crippen molar-refractivity contribution in [3.8, 4) is 22.9 Å². The molecule has 3 heterocycles. The van der Waals surface area contributed by atoms with Crippen LogP contribution in [0.4, 0.5) is 0 Å². The highest BCUT2D eigenvalue weighted by Crippen LogP contribution is 2.32. The fraction of sp³-hybridized carbons (Fsp3) is 0.250. The van der Waals surface area contributed by atoms with Crippen molar-refractivity contribution in [2.24, 2.45) is 0 Å². The van der Waals surface area contributed by atoms with Crippen molar-refractivity contribution < 1.29 is 14.2 Å². The van der Waals surface area contributed by atoms with Gasteiger partial charge in [-0.05, 0) is 48.0 Å². The maximum absolute atomic E-state index is 6.04. The predicted molar refractivity (Wildman–Crippen MR) is 137 cm³/mol. The largest absolute Gasteiger partial charge is 0.492 e. The van der Waals surface area contributed by atoms with Crippen LogP contribution in [-0.4, -0.2) is 59.5 Å². The van der Waals surface area contributed by atoms with Gasteiger partial charge in [-0.1, -0.05) is 30.3 Å². The number of hydrogen-bond acceptors (Lipinski definition) is 5. The minimum absolute atomic E-state index is 0.528. The number of morpholine rings is 1. The van der Waals surface area contributed by atoms with Crippen molar-refractivity contribution in [1.29, 1.82) is 0 Å². The topological polar surface area (TPSA) is 75.4 Å². The van der Waals surface area contributed by atoms with E-state index in [0.717, 1.165) is 83.1 Å². The molecule has 2 N–H and O–H groups in total. The summed E-state index contributed by atoms with van der Waals surface area (Å²) in [6.45, 7) is 5.66. The molecule has 1 saturated heterocycles. The third-order valence-corrected chi connectivity index (χ3v) is 6.41. The molecule has 2 aromatic heterocycles. The van der Waals surface area contributed by atoms with Crippen LogP contribution in [0.25, 0.3) is 33.2 Å². The Labute approximate surface area is 203 Å². The molecule has 0 spiro atoms. The van der Waals surface area contributed by atoms with Gasteiger partial charge >= 0.3 is 0 Å². The molecule has 0 saturated carbocycles. The van der Waals surface area contributed by atoms with Gasteiger partial charge in [-0.3, -0.25) is 10.00 Å². The average molecular weight is 469 g/mol. The summed E-state index contributed by atoms with van der Waals surface area (Å²) in [5.74, 6) is 1.69. The van der Waals surface area contributed by atoms with Crippen LogP contribution in [0.2, 0.25) is 0 Å². The van der Waals surface area contributed by atoms with Crippen LogP contribution < -0.4 is 9.47 Å². The Kier molecular flexibility index (Phi) is 6.09. The van der Waals surface area contributed by atoms with E-state index in [1.54, 1.807) is 0 Å². The van der Waals surface area contributed by atoms with Crippen molar-refractivity contribution in [3.05, 3.63) is 78.4 Å². The molecule has 7 heteroatoms. The Bertz CT molecular complexity index is 1420. The molecule has 7 nitrogen and oxygen atoms in total. The fourth-order valence-electron chi connectivity index (χ4n) is 4.47. The Hall–Kier alpha value is -3.81. The summed E-state index contributed by atoms with van der Waals surface area (Å²) in [5.41, 5.74) is 4.98. The summed E-state index contributed by atoms with van der Waals surface area (Å²) in [6.07, 6.45) is 0. The second kappa shape index (κ2) is 9.82. The molecule has 178 valence electrons. The maximum atomic E-state index is 6.04. The van der Waals surface area contributed by atoms with Crippen LogP contribution in [-0.2, 0) is 11.3 Å². The van der Waals surface area contributed by atoms with Crippen LogP contribution in [0.15, 0.2) is 72.8 Å². The quantitative estimate of drug-likeness (QED) is 0.335. The lowest BCUT2D eigenvalue weighted by atomic mass is 10.1. The van der Waals surface area contributed by atoms with Gasteiger partial charge in [-0.2, -0.15) is 5.10 Å². The number of rotatable bonds is 8. The molecule has 0 unspecified atom stereocenters. The van der Waals surface area contributed by atoms with Crippen molar-refractivity contribution in [2.45, 2.75) is 6.61 Å². The molecule has 1 aliphatic rings. The number of H-pyrrole nitrogens is 2. The van der Waals surface area contributed by atoms with E-state index in [1.807, 2.05) is 42.5 Å². The Balaban J connectivity index is 1.18. The SMILES string of the molecule is c1ccc(COc2ccc3[nH]nc(-c4cc5cc(OCCN6CCOCC6)ccc5[nH]4)c3c2)cc1. The highest BCUT2D eigenvalue weighted by molar-refractivity contribution is 5.96. The molecule has 0 radical (unpaired) electrons. The van der Waals surface area contributed by atoms with Gasteiger partial charge in [0.1, 0.15) is 30.4 Å². The highest BCUT2D eigenvalue weighted by Gasteiger charge is 2.13. The first-order valence-electron chi connectivity index (χ1n) is 12.0. The van der Waals surface area contributed by atoms with Crippen LogP contribution in [0.1, 0.15) is 5.56 Å². The number of nitrogens with one attached hydrogen (secondary N) is 2. The van der Waals surface area contributed by atoms with Gasteiger partial charge in [0.05, 0.1) is 24.4 Å². The lowest BCUT2D eigenvalue weighted by molar-refractivity contribution is 0.0322. The summed E-state index contributed by atoms with van der Waals surface area (Å²) in [7, 11) is 0. The average Bonchev–Trinajstić information content (AvgIpc) is 3.52. The van der Waals surface area contributed by atoms with E-state index < -0.39 is 0 Å². The number of ether oxygens (including phenoxy) is 3. The molecular weight excluding hydrogens is 440 g/mol. The molecule has 0 aliphatic carbocycles. The normalized spacial score (nSPS) is 14.5. The van der Waals surface area contributed by atoms with E-state index in [-0.39, 0.29) is 0 Å². The summed E-state index contributed by atoms with van der Waals surface area (Å²) in [6, 6.07) is 24.5. The second-order valence-electron chi connectivity index (χ2n) is 8.79. The van der Waals surface area contributed by atoms with E-state index in [9.17, 15) is 0 Å².